The molecule has 0 unspecified atom stereocenters. The summed E-state index contributed by atoms with van der Waals surface area (Å²) < 4.78 is 11.6. The Hall–Kier alpha value is -3.64. The molecule has 1 aliphatic carbocycles. The minimum atomic E-state index is 0.000274. The first-order chi connectivity index (χ1) is 13.7. The summed E-state index contributed by atoms with van der Waals surface area (Å²) >= 11 is 0. The molecule has 0 bridgehead atoms. The van der Waals surface area contributed by atoms with Gasteiger partial charge in [0.05, 0.1) is 30.8 Å². The smallest absolute Gasteiger partial charge is 0.158 e. The Bertz CT molecular complexity index is 1010. The molecule has 4 N–H and O–H groups in total. The molecule has 4 rings (SSSR count). The van der Waals surface area contributed by atoms with E-state index >= 15 is 0 Å². The van der Waals surface area contributed by atoms with Gasteiger partial charge in [0.25, 0.3) is 0 Å². The van der Waals surface area contributed by atoms with Crippen LogP contribution in [0.25, 0.3) is 11.3 Å². The SMILES string of the molecule is COc1cccc(O[C@@H]2CC[C@@H]2N)c1-c1cc(Nc2cnc(C#N)cn2)n[nH]1. The van der Waals surface area contributed by atoms with Gasteiger partial charge in [-0.05, 0) is 25.0 Å². The Morgan fingerprint density at radius 2 is 2.07 bits per heavy atom. The van der Waals surface area contributed by atoms with Crippen LogP contribution in [0.3, 0.4) is 0 Å². The Kier molecular flexibility index (Phi) is 4.78. The van der Waals surface area contributed by atoms with Crippen LogP contribution < -0.4 is 20.5 Å². The number of nitrogens with one attached hydrogen (secondary N) is 2. The summed E-state index contributed by atoms with van der Waals surface area (Å²) in [6.07, 6.45) is 4.77. The lowest BCUT2D eigenvalue weighted by Crippen LogP contribution is -2.47. The van der Waals surface area contributed by atoms with Crippen LogP contribution in [0.4, 0.5) is 11.6 Å². The minimum absolute atomic E-state index is 0.000274. The first-order valence-corrected chi connectivity index (χ1v) is 8.82. The normalized spacial score (nSPS) is 18.0. The number of H-pyrrole nitrogens is 1. The molecule has 1 saturated carbocycles. The highest BCUT2D eigenvalue weighted by atomic mass is 16.5. The topological polar surface area (TPSA) is 135 Å². The number of aromatic nitrogens is 4. The number of nitriles is 1. The number of nitrogens with zero attached hydrogens (tertiary/aromatic N) is 4. The fourth-order valence-corrected chi connectivity index (χ4v) is 2.94. The molecule has 1 aromatic carbocycles. The van der Waals surface area contributed by atoms with E-state index in [-0.39, 0.29) is 17.8 Å². The van der Waals surface area contributed by atoms with Gasteiger partial charge in [-0.3, -0.25) is 5.10 Å². The standard InChI is InChI=1S/C19H19N7O2/c1-27-15-3-2-4-16(28-14-6-5-12(14)21)19(15)13-7-17(26-25-13)24-18-10-22-11(8-20)9-23-18/h2-4,7,9-10,12,14H,5-6,21H2,1H3,(H2,23,24,25,26)/t12-,14+/m0/s1. The van der Waals surface area contributed by atoms with Crippen LogP contribution in [0.1, 0.15) is 18.5 Å². The third kappa shape index (κ3) is 3.45. The highest BCUT2D eigenvalue weighted by Gasteiger charge is 2.30. The maximum atomic E-state index is 8.80. The van der Waals surface area contributed by atoms with E-state index in [1.807, 2.05) is 30.3 Å². The lowest BCUT2D eigenvalue weighted by atomic mass is 9.90. The molecule has 9 heteroatoms. The van der Waals surface area contributed by atoms with Crippen molar-refractivity contribution in [2.75, 3.05) is 12.4 Å². The zero-order chi connectivity index (χ0) is 19.5. The Labute approximate surface area is 161 Å². The second-order valence-corrected chi connectivity index (χ2v) is 6.42. The van der Waals surface area contributed by atoms with Crippen molar-refractivity contribution < 1.29 is 9.47 Å². The number of ether oxygens (including phenoxy) is 2. The van der Waals surface area contributed by atoms with Gasteiger partial charge in [-0.1, -0.05) is 6.07 Å². The van der Waals surface area contributed by atoms with Crippen LogP contribution in [0, 0.1) is 11.3 Å². The van der Waals surface area contributed by atoms with Gasteiger partial charge in [0.2, 0.25) is 0 Å². The molecule has 2 atom stereocenters. The van der Waals surface area contributed by atoms with Crippen LogP contribution in [0.2, 0.25) is 0 Å². The second-order valence-electron chi connectivity index (χ2n) is 6.42. The summed E-state index contributed by atoms with van der Waals surface area (Å²) in [5.74, 6) is 2.38. The summed E-state index contributed by atoms with van der Waals surface area (Å²) in [7, 11) is 1.61. The molecule has 1 aliphatic rings. The predicted octanol–water partition coefficient (Wildman–Crippen LogP) is 2.36. The third-order valence-corrected chi connectivity index (χ3v) is 4.62. The van der Waals surface area contributed by atoms with Crippen LogP contribution in [-0.4, -0.2) is 39.4 Å². The number of benzene rings is 1. The van der Waals surface area contributed by atoms with Crippen LogP contribution in [0.5, 0.6) is 11.5 Å². The largest absolute Gasteiger partial charge is 0.496 e. The van der Waals surface area contributed by atoms with E-state index < -0.39 is 0 Å². The fourth-order valence-electron chi connectivity index (χ4n) is 2.94. The minimum Gasteiger partial charge on any atom is -0.496 e. The Morgan fingerprint density at radius 3 is 2.71 bits per heavy atom. The molecule has 1 fully saturated rings. The van der Waals surface area contributed by atoms with E-state index in [1.165, 1.54) is 12.4 Å². The second kappa shape index (κ2) is 7.54. The number of hydrogen-bond acceptors (Lipinski definition) is 8. The van der Waals surface area contributed by atoms with Crippen molar-refractivity contribution in [1.82, 2.24) is 20.2 Å². The first kappa shape index (κ1) is 17.8. The summed E-state index contributed by atoms with van der Waals surface area (Å²) in [6.45, 7) is 0. The quantitative estimate of drug-likeness (QED) is 0.596. The highest BCUT2D eigenvalue weighted by Crippen LogP contribution is 2.40. The first-order valence-electron chi connectivity index (χ1n) is 8.82. The van der Waals surface area contributed by atoms with Gasteiger partial charge in [-0.15, -0.1) is 0 Å². The van der Waals surface area contributed by atoms with Crippen molar-refractivity contribution in [3.05, 3.63) is 42.4 Å². The molecule has 0 saturated heterocycles. The van der Waals surface area contributed by atoms with E-state index in [2.05, 4.69) is 25.5 Å². The molecule has 0 radical (unpaired) electrons. The molecular weight excluding hydrogens is 358 g/mol. The molecule has 2 heterocycles. The van der Waals surface area contributed by atoms with E-state index in [1.54, 1.807) is 7.11 Å². The summed E-state index contributed by atoms with van der Waals surface area (Å²) in [4.78, 5) is 8.11. The van der Waals surface area contributed by atoms with Gasteiger partial charge in [0, 0.05) is 12.1 Å². The van der Waals surface area contributed by atoms with Crippen molar-refractivity contribution >= 4 is 11.6 Å². The van der Waals surface area contributed by atoms with E-state index in [4.69, 9.17) is 20.5 Å². The zero-order valence-corrected chi connectivity index (χ0v) is 15.2. The maximum Gasteiger partial charge on any atom is 0.158 e. The highest BCUT2D eigenvalue weighted by molar-refractivity contribution is 5.76. The van der Waals surface area contributed by atoms with E-state index in [0.29, 0.717) is 23.1 Å². The molecular formula is C19H19N7O2. The van der Waals surface area contributed by atoms with Crippen molar-refractivity contribution in [3.63, 3.8) is 0 Å². The molecule has 142 valence electrons. The molecule has 0 spiro atoms. The van der Waals surface area contributed by atoms with Crippen molar-refractivity contribution in [2.45, 2.75) is 25.0 Å². The number of anilines is 2. The summed E-state index contributed by atoms with van der Waals surface area (Å²) in [5.41, 5.74) is 7.77. The predicted molar refractivity (Wildman–Crippen MR) is 102 cm³/mol. The monoisotopic (exact) mass is 377 g/mol. The molecule has 28 heavy (non-hydrogen) atoms. The van der Waals surface area contributed by atoms with Crippen LogP contribution in [-0.2, 0) is 0 Å². The Morgan fingerprint density at radius 1 is 1.21 bits per heavy atom. The average molecular weight is 377 g/mol. The van der Waals surface area contributed by atoms with Gasteiger partial charge in [0.1, 0.15) is 29.5 Å². The molecule has 9 nitrogen and oxygen atoms in total. The Balaban J connectivity index is 1.61. The van der Waals surface area contributed by atoms with Gasteiger partial charge in [-0.2, -0.15) is 10.4 Å². The molecule has 2 aromatic heterocycles. The van der Waals surface area contributed by atoms with Gasteiger partial charge >= 0.3 is 0 Å². The van der Waals surface area contributed by atoms with Crippen LogP contribution >= 0.6 is 0 Å². The van der Waals surface area contributed by atoms with Crippen LogP contribution in [0.15, 0.2) is 36.7 Å². The maximum absolute atomic E-state index is 8.80. The van der Waals surface area contributed by atoms with Gasteiger partial charge in [0.15, 0.2) is 11.5 Å². The summed E-state index contributed by atoms with van der Waals surface area (Å²) in [5, 5.41) is 19.1. The number of aromatic amines is 1. The lowest BCUT2D eigenvalue weighted by Gasteiger charge is -2.34. The molecule has 0 amide bonds. The van der Waals surface area contributed by atoms with Gasteiger partial charge in [-0.25, -0.2) is 9.97 Å². The number of hydrogen-bond donors (Lipinski definition) is 3. The van der Waals surface area contributed by atoms with Crippen molar-refractivity contribution in [2.24, 2.45) is 5.73 Å². The fraction of sp³-hybridized carbons (Fsp3) is 0.263. The average Bonchev–Trinajstić information content (AvgIpc) is 3.19. The van der Waals surface area contributed by atoms with Gasteiger partial charge < -0.3 is 20.5 Å². The molecule has 3 aromatic rings. The molecule has 0 aliphatic heterocycles. The number of methoxy groups -OCH3 is 1. The van der Waals surface area contributed by atoms with E-state index in [0.717, 1.165) is 24.1 Å². The summed E-state index contributed by atoms with van der Waals surface area (Å²) in [6, 6.07) is 9.44. The number of rotatable bonds is 6. The zero-order valence-electron chi connectivity index (χ0n) is 15.2. The third-order valence-electron chi connectivity index (χ3n) is 4.62. The lowest BCUT2D eigenvalue weighted by molar-refractivity contribution is 0.0936. The van der Waals surface area contributed by atoms with E-state index in [9.17, 15) is 0 Å². The number of nitrogens with two attached hydrogens (primary N) is 1. The van der Waals surface area contributed by atoms with Crippen molar-refractivity contribution in [3.8, 4) is 28.8 Å². The van der Waals surface area contributed by atoms with Crippen molar-refractivity contribution in [1.29, 1.82) is 5.26 Å².